The number of sulfone groups is 1. The summed E-state index contributed by atoms with van der Waals surface area (Å²) in [5, 5.41) is 11.5. The molecule has 0 saturated carbocycles. The predicted molar refractivity (Wildman–Crippen MR) is 121 cm³/mol. The van der Waals surface area contributed by atoms with Gasteiger partial charge < -0.3 is 9.74 Å². The molecule has 0 radical (unpaired) electrons. The molecule has 1 saturated heterocycles. The number of aromatic nitrogens is 3. The number of rotatable bonds is 6. The van der Waals surface area contributed by atoms with E-state index < -0.39 is 26.2 Å². The van der Waals surface area contributed by atoms with Crippen molar-refractivity contribution in [2.45, 2.75) is 35.6 Å². The normalized spacial score (nSPS) is 20.0. The van der Waals surface area contributed by atoms with E-state index in [0.717, 1.165) is 0 Å². The van der Waals surface area contributed by atoms with Crippen molar-refractivity contribution in [1.29, 1.82) is 0 Å². The van der Waals surface area contributed by atoms with E-state index >= 15 is 4.39 Å². The van der Waals surface area contributed by atoms with Crippen LogP contribution in [0.1, 0.15) is 18.9 Å². The Labute approximate surface area is 195 Å². The van der Waals surface area contributed by atoms with E-state index in [-0.39, 0.29) is 22.1 Å². The summed E-state index contributed by atoms with van der Waals surface area (Å²) in [6, 6.07) is 8.82. The number of halogens is 2. The van der Waals surface area contributed by atoms with Crippen molar-refractivity contribution in [3.8, 4) is 11.1 Å². The monoisotopic (exact) mass is 487 g/mol. The second-order valence-corrected chi connectivity index (χ2v) is 11.5. The van der Waals surface area contributed by atoms with E-state index in [1.165, 1.54) is 36.4 Å². The van der Waals surface area contributed by atoms with Gasteiger partial charge >= 0.3 is 0 Å². The van der Waals surface area contributed by atoms with E-state index in [0.29, 0.717) is 37.3 Å². The largest absolute Gasteiger partial charge is 0.390 e. The van der Waals surface area contributed by atoms with E-state index in [1.807, 2.05) is 11.9 Å². The second kappa shape index (κ2) is 8.24. The lowest BCUT2D eigenvalue weighted by atomic mass is 9.98. The van der Waals surface area contributed by atoms with Crippen LogP contribution in [-0.4, -0.2) is 65.0 Å². The molecule has 1 fully saturated rings. The number of likely N-dealkylation sites (tertiary alicyclic amines) is 1. The lowest BCUT2D eigenvalue weighted by molar-refractivity contribution is 0.0693. The van der Waals surface area contributed by atoms with Gasteiger partial charge in [-0.25, -0.2) is 21.9 Å². The first-order valence-corrected chi connectivity index (χ1v) is 12.2. The third-order valence-electron chi connectivity index (χ3n) is 6.32. The number of benzene rings is 2. The van der Waals surface area contributed by atoms with Crippen LogP contribution in [0.5, 0.6) is 0 Å². The van der Waals surface area contributed by atoms with Crippen LogP contribution in [0.4, 0.5) is 8.78 Å². The van der Waals surface area contributed by atoms with Crippen LogP contribution in [0.25, 0.3) is 11.1 Å². The van der Waals surface area contributed by atoms with Crippen molar-refractivity contribution in [2.24, 2.45) is 5.16 Å². The van der Waals surface area contributed by atoms with Gasteiger partial charge in [-0.1, -0.05) is 28.6 Å². The van der Waals surface area contributed by atoms with Gasteiger partial charge in [0.1, 0.15) is 0 Å². The summed E-state index contributed by atoms with van der Waals surface area (Å²) in [6.07, 6.45) is 3.16. The highest BCUT2D eigenvalue weighted by atomic mass is 32.2. The van der Waals surface area contributed by atoms with Crippen LogP contribution in [-0.2, 0) is 21.2 Å². The van der Waals surface area contributed by atoms with E-state index in [9.17, 15) is 12.8 Å². The molecule has 1 atom stereocenters. The topological polar surface area (TPSA) is 89.7 Å². The summed E-state index contributed by atoms with van der Waals surface area (Å²) < 4.78 is 56.7. The fourth-order valence-corrected chi connectivity index (χ4v) is 6.43. The first kappa shape index (κ1) is 22.6. The Hall–Kier alpha value is -3.18. The maximum Gasteiger partial charge on any atom is 0.186 e. The third-order valence-corrected chi connectivity index (χ3v) is 8.77. The third kappa shape index (κ3) is 3.78. The predicted octanol–water partition coefficient (Wildman–Crippen LogP) is 2.89. The minimum atomic E-state index is -3.54. The molecule has 8 nitrogen and oxygen atoms in total. The van der Waals surface area contributed by atoms with Gasteiger partial charge in [0, 0.05) is 36.8 Å². The Morgan fingerprint density at radius 2 is 1.76 bits per heavy atom. The highest BCUT2D eigenvalue weighted by Gasteiger charge is 2.48. The molecular weight excluding hydrogens is 464 g/mol. The number of nitrogens with zero attached hydrogens (tertiary/aromatic N) is 5. The molecule has 178 valence electrons. The van der Waals surface area contributed by atoms with Crippen molar-refractivity contribution < 1.29 is 22.0 Å². The molecule has 0 spiro atoms. The van der Waals surface area contributed by atoms with Gasteiger partial charge in [0.25, 0.3) is 0 Å². The maximum absolute atomic E-state index is 15.0. The van der Waals surface area contributed by atoms with Crippen molar-refractivity contribution in [1.82, 2.24) is 19.9 Å². The smallest absolute Gasteiger partial charge is 0.186 e. The van der Waals surface area contributed by atoms with E-state index in [2.05, 4.69) is 15.5 Å². The average Bonchev–Trinajstić information content (AvgIpc) is 3.47. The molecule has 0 N–H and O–H groups in total. The first-order chi connectivity index (χ1) is 16.2. The van der Waals surface area contributed by atoms with Gasteiger partial charge in [-0.3, -0.25) is 0 Å². The zero-order valence-electron chi connectivity index (χ0n) is 18.6. The summed E-state index contributed by atoms with van der Waals surface area (Å²) in [5.74, 6) is -2.05. The van der Waals surface area contributed by atoms with E-state index in [1.54, 1.807) is 24.0 Å². The minimum Gasteiger partial charge on any atom is -0.390 e. The molecule has 2 aromatic carbocycles. The Kier molecular flexibility index (Phi) is 5.48. The van der Waals surface area contributed by atoms with E-state index in [4.69, 9.17) is 4.84 Å². The molecule has 3 heterocycles. The van der Waals surface area contributed by atoms with Gasteiger partial charge in [0.15, 0.2) is 27.6 Å². The summed E-state index contributed by atoms with van der Waals surface area (Å²) in [7, 11) is -1.68. The standard InChI is InChI=1S/C23H23F2N5O3S/c1-23(13-29(2)14-23)34(31,32)17-5-3-15(4-6-17)18-7-8-19(22(25)21(18)24)20-11-16(33-27-20)12-30-10-9-26-28-30/h3-10,16H,11-14H2,1-2H3/t16-/m1/s1. The quantitative estimate of drug-likeness (QED) is 0.531. The molecule has 1 aromatic heterocycles. The minimum absolute atomic E-state index is 0.0311. The van der Waals surface area contributed by atoms with Gasteiger partial charge in [-0.05, 0) is 37.7 Å². The molecule has 0 unspecified atom stereocenters. The average molecular weight is 488 g/mol. The molecule has 34 heavy (non-hydrogen) atoms. The first-order valence-electron chi connectivity index (χ1n) is 10.8. The zero-order valence-corrected chi connectivity index (χ0v) is 19.5. The zero-order chi connectivity index (χ0) is 24.1. The molecule has 2 aliphatic heterocycles. The van der Waals surface area contributed by atoms with Crippen molar-refractivity contribution >= 4 is 15.5 Å². The molecule has 5 rings (SSSR count). The maximum atomic E-state index is 15.0. The number of hydrogen-bond donors (Lipinski definition) is 0. The van der Waals surface area contributed by atoms with Gasteiger partial charge in [0.2, 0.25) is 0 Å². The second-order valence-electron chi connectivity index (χ2n) is 9.03. The fourth-order valence-electron chi connectivity index (χ4n) is 4.58. The molecule has 0 bridgehead atoms. The summed E-state index contributed by atoms with van der Waals surface area (Å²) in [6.45, 7) is 3.01. The SMILES string of the molecule is CN1CC(C)(S(=O)(=O)c2ccc(-c3ccc(C4=NO[C@@H](Cn5ccnn5)C4)c(F)c3F)cc2)C1. The van der Waals surface area contributed by atoms with Gasteiger partial charge in [-0.15, -0.1) is 5.10 Å². The van der Waals surface area contributed by atoms with Crippen molar-refractivity contribution in [3.63, 3.8) is 0 Å². The summed E-state index contributed by atoms with van der Waals surface area (Å²) in [4.78, 5) is 7.45. The molecule has 0 aliphatic carbocycles. The Balaban J connectivity index is 1.35. The Morgan fingerprint density at radius 3 is 2.41 bits per heavy atom. The van der Waals surface area contributed by atoms with Crippen molar-refractivity contribution in [3.05, 3.63) is 66.0 Å². The lowest BCUT2D eigenvalue weighted by Crippen LogP contribution is -2.62. The summed E-state index contributed by atoms with van der Waals surface area (Å²) >= 11 is 0. The van der Waals surface area contributed by atoms with Crippen LogP contribution in [0.2, 0.25) is 0 Å². The Morgan fingerprint density at radius 1 is 1.09 bits per heavy atom. The van der Waals surface area contributed by atoms with Crippen LogP contribution < -0.4 is 0 Å². The van der Waals surface area contributed by atoms with Crippen molar-refractivity contribution in [2.75, 3.05) is 20.1 Å². The lowest BCUT2D eigenvalue weighted by Gasteiger charge is -2.45. The highest BCUT2D eigenvalue weighted by molar-refractivity contribution is 7.93. The fraction of sp³-hybridized carbons (Fsp3) is 0.348. The van der Waals surface area contributed by atoms with Crippen LogP contribution in [0, 0.1) is 11.6 Å². The van der Waals surface area contributed by atoms with Gasteiger partial charge in [-0.2, -0.15) is 0 Å². The highest BCUT2D eigenvalue weighted by Crippen LogP contribution is 2.35. The Bertz CT molecular complexity index is 1350. The molecule has 11 heteroatoms. The molecule has 0 amide bonds. The molecule has 2 aliphatic rings. The van der Waals surface area contributed by atoms with Crippen LogP contribution in [0.15, 0.2) is 58.8 Å². The van der Waals surface area contributed by atoms with Gasteiger partial charge in [0.05, 0.1) is 28.1 Å². The number of hydrogen-bond acceptors (Lipinski definition) is 7. The molecule has 3 aromatic rings. The van der Waals surface area contributed by atoms with Crippen LogP contribution in [0.3, 0.4) is 0 Å². The van der Waals surface area contributed by atoms with Crippen LogP contribution >= 0.6 is 0 Å². The molecular formula is C23H23F2N5O3S. The number of oxime groups is 1. The summed E-state index contributed by atoms with van der Waals surface area (Å²) in [5.41, 5.74) is 0.765.